The van der Waals surface area contributed by atoms with Crippen molar-refractivity contribution in [2.45, 2.75) is 10.0 Å². The minimum atomic E-state index is -0.427. The van der Waals surface area contributed by atoms with Crippen molar-refractivity contribution in [3.63, 3.8) is 0 Å². The van der Waals surface area contributed by atoms with Gasteiger partial charge in [-0.3, -0.25) is 0 Å². The first-order valence-corrected chi connectivity index (χ1v) is 7.98. The minimum absolute atomic E-state index is 0.427. The summed E-state index contributed by atoms with van der Waals surface area (Å²) in [7, 11) is 0. The summed E-state index contributed by atoms with van der Waals surface area (Å²) >= 11 is -0.427. The van der Waals surface area contributed by atoms with E-state index in [1.54, 1.807) is 8.84 Å². The van der Waals surface area contributed by atoms with Gasteiger partial charge in [0.2, 0.25) is 0 Å². The number of hydrogen-bond acceptors (Lipinski definition) is 0. The van der Waals surface area contributed by atoms with Crippen LogP contribution >= 0.6 is 0 Å². The van der Waals surface area contributed by atoms with E-state index in [1.165, 1.54) is 12.0 Å². The molecule has 15 heavy (non-hydrogen) atoms. The normalized spacial score (nSPS) is 21.6. The van der Waals surface area contributed by atoms with Gasteiger partial charge >= 0.3 is 102 Å². The molecule has 72 valence electrons. The molecule has 0 aliphatic heterocycles. The SMILES string of the molecule is C1=CC[C]([Zr][CH]2C=Cc3ccccc32)=C1. The van der Waals surface area contributed by atoms with E-state index in [4.69, 9.17) is 0 Å². The second kappa shape index (κ2) is 4.06. The Morgan fingerprint density at radius 3 is 3.00 bits per heavy atom. The second-order valence-corrected chi connectivity index (χ2v) is 7.75. The number of rotatable bonds is 2. The van der Waals surface area contributed by atoms with Crippen molar-refractivity contribution in [3.8, 4) is 0 Å². The molecule has 0 bridgehead atoms. The van der Waals surface area contributed by atoms with Crippen LogP contribution in [0.25, 0.3) is 6.08 Å². The molecule has 1 unspecified atom stereocenters. The molecule has 0 fully saturated rings. The van der Waals surface area contributed by atoms with Gasteiger partial charge in [-0.05, 0) is 0 Å². The van der Waals surface area contributed by atoms with Gasteiger partial charge in [0.25, 0.3) is 0 Å². The Hall–Kier alpha value is -0.677. The predicted octanol–water partition coefficient (Wildman–Crippen LogP) is 3.68. The zero-order valence-electron chi connectivity index (χ0n) is 8.48. The molecule has 0 N–H and O–H groups in total. The van der Waals surface area contributed by atoms with Crippen LogP contribution in [0.1, 0.15) is 21.2 Å². The molecule has 0 saturated carbocycles. The molecule has 0 amide bonds. The molecule has 0 spiro atoms. The molecule has 0 heterocycles. The van der Waals surface area contributed by atoms with Crippen molar-refractivity contribution >= 4 is 6.08 Å². The van der Waals surface area contributed by atoms with Gasteiger partial charge in [0.15, 0.2) is 0 Å². The van der Waals surface area contributed by atoms with E-state index in [0.29, 0.717) is 0 Å². The van der Waals surface area contributed by atoms with Gasteiger partial charge in [-0.1, -0.05) is 0 Å². The van der Waals surface area contributed by atoms with Crippen molar-refractivity contribution in [1.29, 1.82) is 0 Å². The Morgan fingerprint density at radius 1 is 1.20 bits per heavy atom. The van der Waals surface area contributed by atoms with Crippen LogP contribution in [0.5, 0.6) is 0 Å². The fourth-order valence-corrected chi connectivity index (χ4v) is 5.67. The summed E-state index contributed by atoms with van der Waals surface area (Å²) in [5.41, 5.74) is 3.01. The molecule has 0 aromatic heterocycles. The van der Waals surface area contributed by atoms with Gasteiger partial charge in [0.1, 0.15) is 0 Å². The molecule has 1 heteroatoms. The summed E-state index contributed by atoms with van der Waals surface area (Å²) in [5.74, 6) is 0. The Balaban J connectivity index is 1.82. The van der Waals surface area contributed by atoms with Crippen LogP contribution in [0, 0.1) is 0 Å². The van der Waals surface area contributed by atoms with Crippen molar-refractivity contribution in [2.24, 2.45) is 0 Å². The zero-order chi connectivity index (χ0) is 10.1. The molecule has 1 atom stereocenters. The Morgan fingerprint density at radius 2 is 2.13 bits per heavy atom. The molecule has 0 radical (unpaired) electrons. The summed E-state index contributed by atoms with van der Waals surface area (Å²) < 4.78 is 2.50. The zero-order valence-corrected chi connectivity index (χ0v) is 10.9. The van der Waals surface area contributed by atoms with Gasteiger partial charge in [0.05, 0.1) is 0 Å². The molecule has 0 nitrogen and oxygen atoms in total. The summed E-state index contributed by atoms with van der Waals surface area (Å²) in [4.78, 5) is 0. The van der Waals surface area contributed by atoms with E-state index < -0.39 is 23.2 Å². The van der Waals surface area contributed by atoms with Crippen LogP contribution in [-0.4, -0.2) is 0 Å². The van der Waals surface area contributed by atoms with Crippen molar-refractivity contribution in [1.82, 2.24) is 0 Å². The number of hydrogen-bond donors (Lipinski definition) is 0. The summed E-state index contributed by atoms with van der Waals surface area (Å²) in [5, 5.41) is 0. The number of fused-ring (bicyclic) bond motifs is 1. The van der Waals surface area contributed by atoms with Crippen molar-refractivity contribution in [2.75, 3.05) is 0 Å². The quantitative estimate of drug-likeness (QED) is 0.770. The van der Waals surface area contributed by atoms with Crippen LogP contribution in [0.4, 0.5) is 0 Å². The topological polar surface area (TPSA) is 0 Å². The Bertz CT molecular complexity index is 466. The average Bonchev–Trinajstić information content (AvgIpc) is 2.89. The molecule has 1 aromatic rings. The summed E-state index contributed by atoms with van der Waals surface area (Å²) in [6.45, 7) is 0. The van der Waals surface area contributed by atoms with E-state index in [-0.39, 0.29) is 0 Å². The van der Waals surface area contributed by atoms with Gasteiger partial charge in [-0.25, -0.2) is 0 Å². The van der Waals surface area contributed by atoms with Crippen molar-refractivity contribution in [3.05, 3.63) is 63.0 Å². The van der Waals surface area contributed by atoms with Gasteiger partial charge in [-0.2, -0.15) is 0 Å². The molecule has 1 aromatic carbocycles. The maximum atomic E-state index is 2.41. The van der Waals surface area contributed by atoms with E-state index in [0.717, 1.165) is 3.63 Å². The first-order valence-electron chi connectivity index (χ1n) is 5.33. The molecule has 0 saturated heterocycles. The Labute approximate surface area is 102 Å². The van der Waals surface area contributed by atoms with Crippen LogP contribution < -0.4 is 0 Å². The monoisotopic (exact) mass is 270 g/mol. The molecule has 3 rings (SSSR count). The standard InChI is InChI=1S/C9H7.C5H5.Zr/c1-2-5-9-7-3-6-8(9)4-1;1-2-4-5-3-1;/h1-7H;1-3H,4H2;. The van der Waals surface area contributed by atoms with Gasteiger partial charge in [0, 0.05) is 0 Å². The first kappa shape index (κ1) is 9.54. The number of benzene rings is 1. The third-order valence-corrected chi connectivity index (χ3v) is 6.74. The van der Waals surface area contributed by atoms with E-state index in [9.17, 15) is 0 Å². The van der Waals surface area contributed by atoms with Crippen LogP contribution in [-0.2, 0) is 23.2 Å². The fraction of sp³-hybridized carbons (Fsp3) is 0.143. The van der Waals surface area contributed by atoms with E-state index >= 15 is 0 Å². The molecule has 2 aliphatic rings. The van der Waals surface area contributed by atoms with E-state index in [2.05, 4.69) is 54.6 Å². The molecular weight excluding hydrogens is 259 g/mol. The van der Waals surface area contributed by atoms with Crippen LogP contribution in [0.15, 0.2) is 51.9 Å². The summed E-state index contributed by atoms with van der Waals surface area (Å²) in [6.07, 6.45) is 12.8. The predicted molar refractivity (Wildman–Crippen MR) is 60.1 cm³/mol. The number of allylic oxidation sites excluding steroid dienone is 5. The third kappa shape index (κ3) is 1.86. The third-order valence-electron chi connectivity index (χ3n) is 2.91. The Kier molecular flexibility index (Phi) is 2.58. The van der Waals surface area contributed by atoms with Gasteiger partial charge in [-0.15, -0.1) is 0 Å². The van der Waals surface area contributed by atoms with Gasteiger partial charge < -0.3 is 0 Å². The van der Waals surface area contributed by atoms with Crippen LogP contribution in [0.2, 0.25) is 0 Å². The molecule has 2 aliphatic carbocycles. The maximum absolute atomic E-state index is 2.41. The first-order chi connectivity index (χ1) is 7.43. The fourth-order valence-electron chi connectivity index (χ4n) is 2.13. The second-order valence-electron chi connectivity index (χ2n) is 3.93. The molecular formula is C14H12Zr. The average molecular weight is 271 g/mol. The van der Waals surface area contributed by atoms with Crippen molar-refractivity contribution < 1.29 is 23.2 Å². The van der Waals surface area contributed by atoms with Crippen LogP contribution in [0.3, 0.4) is 0 Å². The van der Waals surface area contributed by atoms with E-state index in [1.807, 2.05) is 0 Å². The summed E-state index contributed by atoms with van der Waals surface area (Å²) in [6, 6.07) is 8.82.